The van der Waals surface area contributed by atoms with Crippen LogP contribution in [0.4, 0.5) is 26.7 Å². The summed E-state index contributed by atoms with van der Waals surface area (Å²) in [5, 5.41) is 2.50. The Hall–Kier alpha value is -2.50. The van der Waals surface area contributed by atoms with Crippen molar-refractivity contribution < 1.29 is 36.2 Å². The number of amides is 1. The molecule has 0 heterocycles. The molecule has 1 N–H and O–H groups in total. The van der Waals surface area contributed by atoms with E-state index in [0.29, 0.717) is 12.0 Å². The van der Waals surface area contributed by atoms with Crippen LogP contribution in [0.1, 0.15) is 32.8 Å². The van der Waals surface area contributed by atoms with Crippen LogP contribution in [0.15, 0.2) is 24.3 Å². The Morgan fingerprint density at radius 3 is 2.15 bits per heavy atom. The summed E-state index contributed by atoms with van der Waals surface area (Å²) in [6.45, 7) is 5.42. The lowest BCUT2D eigenvalue weighted by Gasteiger charge is -2.20. The summed E-state index contributed by atoms with van der Waals surface area (Å²) >= 11 is 0. The van der Waals surface area contributed by atoms with E-state index >= 15 is 0 Å². The van der Waals surface area contributed by atoms with Gasteiger partial charge in [-0.2, -0.15) is 22.0 Å². The molecular weight excluding hydrogens is 361 g/mol. The van der Waals surface area contributed by atoms with Crippen LogP contribution in [-0.2, 0) is 4.74 Å². The zero-order valence-electron chi connectivity index (χ0n) is 14.3. The first-order chi connectivity index (χ1) is 11.8. The average Bonchev–Trinajstić information content (AvgIpc) is 2.45. The molecule has 4 nitrogen and oxygen atoms in total. The topological polar surface area (TPSA) is 47.6 Å². The van der Waals surface area contributed by atoms with Crippen molar-refractivity contribution in [2.75, 3.05) is 6.54 Å². The molecule has 0 spiro atoms. The van der Waals surface area contributed by atoms with Crippen LogP contribution in [0.25, 0.3) is 0 Å². The molecule has 0 fully saturated rings. The van der Waals surface area contributed by atoms with Crippen molar-refractivity contribution in [3.8, 4) is 17.6 Å². The number of carbonyl (C=O) groups is 1. The molecule has 0 atom stereocenters. The van der Waals surface area contributed by atoms with Crippen molar-refractivity contribution in [3.63, 3.8) is 0 Å². The summed E-state index contributed by atoms with van der Waals surface area (Å²) in [7, 11) is 0. The normalized spacial score (nSPS) is 12.0. The van der Waals surface area contributed by atoms with Gasteiger partial charge in [0.25, 0.3) is 0 Å². The van der Waals surface area contributed by atoms with Gasteiger partial charge in [-0.25, -0.2) is 4.79 Å². The quantitative estimate of drug-likeness (QED) is 0.477. The lowest BCUT2D eigenvalue weighted by atomic mass is 10.2. The molecule has 0 bridgehead atoms. The first kappa shape index (κ1) is 21.5. The van der Waals surface area contributed by atoms with Gasteiger partial charge in [0, 0.05) is 18.5 Å². The molecule has 26 heavy (non-hydrogen) atoms. The largest absolute Gasteiger partial charge is 0.499 e. The van der Waals surface area contributed by atoms with E-state index in [0.717, 1.165) is 12.1 Å². The highest BCUT2D eigenvalue weighted by Gasteiger charge is 2.61. The molecule has 9 heteroatoms. The average molecular weight is 379 g/mol. The van der Waals surface area contributed by atoms with Gasteiger partial charge >= 0.3 is 18.4 Å². The second kappa shape index (κ2) is 8.25. The Bertz CT molecular complexity index is 667. The fraction of sp³-hybridized carbons (Fsp3) is 0.471. The van der Waals surface area contributed by atoms with Gasteiger partial charge in [-0.1, -0.05) is 11.8 Å². The lowest BCUT2D eigenvalue weighted by Crippen LogP contribution is -2.41. The third kappa shape index (κ3) is 7.59. The van der Waals surface area contributed by atoms with Gasteiger partial charge in [0.2, 0.25) is 0 Å². The number of halogens is 5. The first-order valence-electron chi connectivity index (χ1n) is 7.49. The van der Waals surface area contributed by atoms with Crippen molar-refractivity contribution in [3.05, 3.63) is 29.8 Å². The van der Waals surface area contributed by atoms with Gasteiger partial charge in [0.1, 0.15) is 11.4 Å². The monoisotopic (exact) mass is 379 g/mol. The highest BCUT2D eigenvalue weighted by atomic mass is 19.4. The molecule has 144 valence electrons. The number of hydrogen-bond donors (Lipinski definition) is 1. The van der Waals surface area contributed by atoms with E-state index in [2.05, 4.69) is 21.9 Å². The Balaban J connectivity index is 2.49. The maximum absolute atomic E-state index is 12.8. The Morgan fingerprint density at radius 2 is 1.65 bits per heavy atom. The Kier molecular flexibility index (Phi) is 6.84. The van der Waals surface area contributed by atoms with Gasteiger partial charge in [-0.3, -0.25) is 0 Å². The fourth-order valence-corrected chi connectivity index (χ4v) is 1.52. The smallest absolute Gasteiger partial charge is 0.444 e. The highest BCUT2D eigenvalue weighted by Crippen LogP contribution is 2.37. The number of rotatable bonds is 4. The summed E-state index contributed by atoms with van der Waals surface area (Å²) in [5.41, 5.74) is -0.215. The highest BCUT2D eigenvalue weighted by molar-refractivity contribution is 5.67. The summed E-state index contributed by atoms with van der Waals surface area (Å²) < 4.78 is 70.3. The SMILES string of the molecule is CC(C)(C)OC(=O)NCCC#Cc1ccc(OC(F)(F)C(F)(F)F)cc1. The van der Waals surface area contributed by atoms with Crippen LogP contribution < -0.4 is 10.1 Å². The van der Waals surface area contributed by atoms with Crippen molar-refractivity contribution in [2.24, 2.45) is 0 Å². The maximum atomic E-state index is 12.8. The second-order valence-electron chi connectivity index (χ2n) is 6.12. The number of alkyl carbamates (subject to hydrolysis) is 1. The van der Waals surface area contributed by atoms with E-state index in [9.17, 15) is 26.7 Å². The van der Waals surface area contributed by atoms with E-state index < -0.39 is 29.7 Å². The van der Waals surface area contributed by atoms with Gasteiger partial charge in [0.05, 0.1) is 0 Å². The van der Waals surface area contributed by atoms with E-state index in [1.807, 2.05) is 0 Å². The molecule has 0 radical (unpaired) electrons. The molecule has 1 aromatic carbocycles. The minimum Gasteiger partial charge on any atom is -0.444 e. The molecule has 1 aromatic rings. The third-order valence-corrected chi connectivity index (χ3v) is 2.58. The summed E-state index contributed by atoms with van der Waals surface area (Å²) in [5.74, 6) is 4.77. The zero-order valence-corrected chi connectivity index (χ0v) is 14.3. The molecule has 0 aromatic heterocycles. The minimum absolute atomic E-state index is 0.237. The van der Waals surface area contributed by atoms with Crippen molar-refractivity contribution >= 4 is 6.09 Å². The Morgan fingerprint density at radius 1 is 1.08 bits per heavy atom. The molecule has 0 aliphatic heterocycles. The summed E-state index contributed by atoms with van der Waals surface area (Å²) in [6, 6.07) is 4.41. The first-order valence-corrected chi connectivity index (χ1v) is 7.49. The van der Waals surface area contributed by atoms with Crippen LogP contribution in [-0.4, -0.2) is 30.5 Å². The molecular formula is C17H18F5NO3. The molecule has 0 saturated carbocycles. The van der Waals surface area contributed by atoms with Gasteiger partial charge in [-0.15, -0.1) is 0 Å². The number of nitrogens with one attached hydrogen (secondary N) is 1. The maximum Gasteiger partial charge on any atom is 0.499 e. The predicted octanol–water partition coefficient (Wildman–Crippen LogP) is 4.49. The van der Waals surface area contributed by atoms with E-state index in [-0.39, 0.29) is 6.54 Å². The molecule has 0 unspecified atom stereocenters. The lowest BCUT2D eigenvalue weighted by molar-refractivity contribution is -0.360. The van der Waals surface area contributed by atoms with Crippen LogP contribution in [0.2, 0.25) is 0 Å². The number of alkyl halides is 5. The van der Waals surface area contributed by atoms with Crippen LogP contribution >= 0.6 is 0 Å². The Labute approximate surface area is 147 Å². The number of ether oxygens (including phenoxy) is 2. The molecule has 0 saturated heterocycles. The minimum atomic E-state index is -5.80. The summed E-state index contributed by atoms with van der Waals surface area (Å²) in [4.78, 5) is 11.4. The predicted molar refractivity (Wildman–Crippen MR) is 83.8 cm³/mol. The standard InChI is InChI=1S/C17H18F5NO3/c1-15(2,3)26-14(24)23-11-5-4-6-12-7-9-13(10-8-12)25-17(21,22)16(18,19)20/h7-10H,5,11H2,1-3H3,(H,23,24). The van der Waals surface area contributed by atoms with E-state index in [1.54, 1.807) is 20.8 Å². The van der Waals surface area contributed by atoms with Crippen molar-refractivity contribution in [2.45, 2.75) is 45.1 Å². The van der Waals surface area contributed by atoms with E-state index in [1.165, 1.54) is 12.1 Å². The number of carbonyl (C=O) groups excluding carboxylic acids is 1. The van der Waals surface area contributed by atoms with Crippen LogP contribution in [0.3, 0.4) is 0 Å². The van der Waals surface area contributed by atoms with Crippen LogP contribution in [0, 0.1) is 11.8 Å². The van der Waals surface area contributed by atoms with Gasteiger partial charge < -0.3 is 14.8 Å². The number of hydrogen-bond acceptors (Lipinski definition) is 3. The third-order valence-electron chi connectivity index (χ3n) is 2.58. The number of benzene rings is 1. The van der Waals surface area contributed by atoms with Crippen molar-refractivity contribution in [1.82, 2.24) is 5.32 Å². The van der Waals surface area contributed by atoms with Crippen LogP contribution in [0.5, 0.6) is 5.75 Å². The second-order valence-corrected chi connectivity index (χ2v) is 6.12. The molecule has 0 aliphatic carbocycles. The van der Waals surface area contributed by atoms with E-state index in [4.69, 9.17) is 4.74 Å². The molecule has 0 aliphatic rings. The zero-order chi connectivity index (χ0) is 20.0. The molecule has 1 rings (SSSR count). The molecule has 1 amide bonds. The van der Waals surface area contributed by atoms with Gasteiger partial charge in [-0.05, 0) is 45.0 Å². The summed E-state index contributed by atoms with van der Waals surface area (Å²) in [6.07, 6.45) is -11.4. The van der Waals surface area contributed by atoms with Gasteiger partial charge in [0.15, 0.2) is 0 Å². The fourth-order valence-electron chi connectivity index (χ4n) is 1.52. The van der Waals surface area contributed by atoms with Crippen molar-refractivity contribution in [1.29, 1.82) is 0 Å².